The first-order valence-electron chi connectivity index (χ1n) is 18.8. The largest absolute Gasteiger partial charge is 0.694 e. The first-order chi connectivity index (χ1) is 27.2. The van der Waals surface area contributed by atoms with E-state index in [2.05, 4.69) is 55.8 Å². The van der Waals surface area contributed by atoms with Crippen molar-refractivity contribution in [2.24, 2.45) is 5.73 Å². The van der Waals surface area contributed by atoms with Crippen molar-refractivity contribution in [1.82, 2.24) is 44.1 Å². The van der Waals surface area contributed by atoms with Crippen LogP contribution in [-0.4, -0.2) is 115 Å². The number of aromatic amines is 1. The highest BCUT2D eigenvalue weighted by atomic mass is 31.2. The maximum atomic E-state index is 14.2. The fourth-order valence-electron chi connectivity index (χ4n) is 6.40. The van der Waals surface area contributed by atoms with Gasteiger partial charge in [-0.3, -0.25) is 23.4 Å². The van der Waals surface area contributed by atoms with Gasteiger partial charge in [0.25, 0.3) is 5.56 Å². The van der Waals surface area contributed by atoms with Gasteiger partial charge in [-0.2, -0.15) is 4.98 Å². The molecule has 27 heteroatoms. The Balaban J connectivity index is 1.31. The number of fused-ring (bicyclic) bond motifs is 2. The number of ether oxygens (including phenoxy) is 2. The molecule has 0 aromatic carbocycles. The predicted octanol–water partition coefficient (Wildman–Crippen LogP) is 2.77. The molecule has 0 aliphatic carbocycles. The van der Waals surface area contributed by atoms with E-state index < -0.39 is 100 Å². The SMILES string of the molecule is CC(C)(C)[Si](C)(C)OC1[C@H](n2cnc3c(=O)[nH]c(N)nc32)O[C@H](COP(=O)(O)N[C@H]2C(O[Si](C)(C)C(C)(C)C)[C@H](n3cnc4c(N)ncnc43)O[C@@H]2CO[P+](=O)O)[C@H]1N. The second-order valence-electron chi connectivity index (χ2n) is 17.8. The van der Waals surface area contributed by atoms with Crippen LogP contribution in [-0.2, 0) is 36.5 Å². The molecule has 0 amide bonds. The number of anilines is 2. The van der Waals surface area contributed by atoms with E-state index in [0.717, 1.165) is 0 Å². The summed E-state index contributed by atoms with van der Waals surface area (Å²) in [5.41, 5.74) is 19.0. The van der Waals surface area contributed by atoms with Crippen LogP contribution in [0.1, 0.15) is 54.0 Å². The molecule has 0 radical (unpaired) electrons. The minimum atomic E-state index is -4.84. The molecule has 0 saturated carbocycles. The highest BCUT2D eigenvalue weighted by molar-refractivity contribution is 7.50. The van der Waals surface area contributed by atoms with E-state index in [1.807, 2.05) is 47.0 Å². The van der Waals surface area contributed by atoms with Gasteiger partial charge in [0.1, 0.15) is 42.9 Å². The average molecular weight is 902 g/mol. The summed E-state index contributed by atoms with van der Waals surface area (Å²) in [4.78, 5) is 57.5. The first-order valence-corrected chi connectivity index (χ1v) is 27.4. The molecule has 23 nitrogen and oxygen atoms in total. The molecular formula is C32H55N12O11P2Si2+. The Hall–Kier alpha value is -3.14. The van der Waals surface area contributed by atoms with E-state index in [1.165, 1.54) is 23.5 Å². The van der Waals surface area contributed by atoms with E-state index in [0.29, 0.717) is 5.65 Å². The molecule has 10 atom stereocenters. The quantitative estimate of drug-likeness (QED) is 0.0706. The Bertz CT molecular complexity index is 2300. The average Bonchev–Trinajstić information content (AvgIpc) is 3.87. The number of nitrogens with one attached hydrogen (secondary N) is 2. The third-order valence-corrected chi connectivity index (χ3v) is 22.1. The zero-order valence-corrected chi connectivity index (χ0v) is 38.4. The summed E-state index contributed by atoms with van der Waals surface area (Å²) in [6.45, 7) is 19.4. The van der Waals surface area contributed by atoms with Crippen molar-refractivity contribution in [3.8, 4) is 0 Å². The molecule has 2 aliphatic rings. The molecule has 4 aromatic rings. The molecule has 4 aromatic heterocycles. The van der Waals surface area contributed by atoms with Gasteiger partial charge in [-0.05, 0) is 36.3 Å². The van der Waals surface area contributed by atoms with Crippen molar-refractivity contribution in [2.45, 2.75) is 127 Å². The van der Waals surface area contributed by atoms with Crippen LogP contribution in [0.15, 0.2) is 23.8 Å². The standard InChI is InChI=1S/C32H54N12O11P2Si2/c1-31(2,3)58(7,8)54-22-18(33)16(52-28(22)44-15-39-21-26(44)40-30(35)41-27(21)45)12-51-57(48,49)42-19-17(11-50-56(46)47)53-29(23(19)55-59(9,10)32(4,5)6)43-14-38-20-24(34)36-13-37-25(20)43/h13-19,22-23,28-29H,11-12,33H2,1-10H3,(H7-,34,35,36,37,40,41,42,45,46,47,48,49)/p+1/t16-,17-,18-,19-,22?,23?,28-,29-/m1/s1. The van der Waals surface area contributed by atoms with E-state index in [9.17, 15) is 23.7 Å². The fourth-order valence-corrected chi connectivity index (χ4v) is 10.4. The Morgan fingerprint density at radius 3 is 2.07 bits per heavy atom. The van der Waals surface area contributed by atoms with Gasteiger partial charge in [0.15, 0.2) is 51.7 Å². The number of H-pyrrole nitrogens is 1. The molecule has 2 aliphatic heterocycles. The molecule has 0 spiro atoms. The van der Waals surface area contributed by atoms with Crippen LogP contribution < -0.4 is 27.8 Å². The van der Waals surface area contributed by atoms with E-state index in [4.69, 9.17) is 44.6 Å². The highest BCUT2D eigenvalue weighted by Crippen LogP contribution is 2.48. The minimum absolute atomic E-state index is 0.0154. The lowest BCUT2D eigenvalue weighted by atomic mass is 10.1. The highest BCUT2D eigenvalue weighted by Gasteiger charge is 2.55. The van der Waals surface area contributed by atoms with Crippen LogP contribution in [0.5, 0.6) is 0 Å². The van der Waals surface area contributed by atoms with E-state index in [-0.39, 0.29) is 38.5 Å². The van der Waals surface area contributed by atoms with E-state index >= 15 is 0 Å². The monoisotopic (exact) mass is 901 g/mol. The number of nitrogens with zero attached hydrogens (tertiary/aromatic N) is 7. The normalized spacial score (nSPS) is 27.2. The lowest BCUT2D eigenvalue weighted by Gasteiger charge is -2.41. The lowest BCUT2D eigenvalue weighted by molar-refractivity contribution is -0.0448. The van der Waals surface area contributed by atoms with Crippen LogP contribution in [0.4, 0.5) is 11.8 Å². The molecule has 59 heavy (non-hydrogen) atoms. The predicted molar refractivity (Wildman–Crippen MR) is 221 cm³/mol. The van der Waals surface area contributed by atoms with Gasteiger partial charge >= 0.3 is 16.0 Å². The number of hydrogen-bond acceptors (Lipinski definition) is 17. The summed E-state index contributed by atoms with van der Waals surface area (Å²) >= 11 is 0. The molecular weight excluding hydrogens is 847 g/mol. The van der Waals surface area contributed by atoms with Crippen LogP contribution in [0, 0.1) is 0 Å². The smallest absolute Gasteiger partial charge is 0.408 e. The van der Waals surface area contributed by atoms with Gasteiger partial charge < -0.3 is 40.4 Å². The van der Waals surface area contributed by atoms with Gasteiger partial charge in [0.2, 0.25) is 5.95 Å². The number of aromatic nitrogens is 8. The molecule has 10 N–H and O–H groups in total. The number of rotatable bonds is 14. The van der Waals surface area contributed by atoms with Gasteiger partial charge in [-0.15, -0.1) is 9.42 Å². The van der Waals surface area contributed by atoms with Crippen LogP contribution in [0.25, 0.3) is 22.3 Å². The van der Waals surface area contributed by atoms with Crippen molar-refractivity contribution < 1.29 is 46.3 Å². The third-order valence-electron chi connectivity index (χ3n) is 11.7. The zero-order chi connectivity index (χ0) is 43.6. The number of hydrogen-bond donors (Lipinski definition) is 7. The van der Waals surface area contributed by atoms with Gasteiger partial charge in [-0.1, -0.05) is 41.5 Å². The molecule has 4 unspecified atom stereocenters. The second-order valence-corrected chi connectivity index (χ2v) is 29.6. The second kappa shape index (κ2) is 16.3. The molecule has 6 heterocycles. The molecule has 326 valence electrons. The molecule has 2 saturated heterocycles. The zero-order valence-electron chi connectivity index (χ0n) is 34.6. The van der Waals surface area contributed by atoms with Crippen molar-refractivity contribution in [3.05, 3.63) is 29.3 Å². The summed E-state index contributed by atoms with van der Waals surface area (Å²) in [6, 6.07) is -2.09. The minimum Gasteiger partial charge on any atom is -0.408 e. The van der Waals surface area contributed by atoms with Crippen molar-refractivity contribution in [1.29, 1.82) is 0 Å². The van der Waals surface area contributed by atoms with E-state index in [1.54, 1.807) is 4.57 Å². The Labute approximate surface area is 342 Å². The van der Waals surface area contributed by atoms with Crippen molar-refractivity contribution in [2.75, 3.05) is 24.7 Å². The molecule has 2 fully saturated rings. The number of nitrogen functional groups attached to an aromatic ring is 2. The summed E-state index contributed by atoms with van der Waals surface area (Å²) in [6.07, 6.45) is -2.01. The maximum Gasteiger partial charge on any atom is 0.694 e. The molecule has 0 bridgehead atoms. The van der Waals surface area contributed by atoms with Crippen molar-refractivity contribution in [3.63, 3.8) is 0 Å². The van der Waals surface area contributed by atoms with Gasteiger partial charge in [-0.25, -0.2) is 29.6 Å². The topological polar surface area (TPSA) is 327 Å². The first kappa shape index (κ1) is 45.4. The Kier molecular flexibility index (Phi) is 12.5. The Morgan fingerprint density at radius 1 is 0.898 bits per heavy atom. The summed E-state index contributed by atoms with van der Waals surface area (Å²) < 4.78 is 66.4. The molecule has 6 rings (SSSR count). The summed E-state index contributed by atoms with van der Waals surface area (Å²) in [5.74, 6) is -0.0155. The Morgan fingerprint density at radius 2 is 1.46 bits per heavy atom. The fraction of sp³-hybridized carbons (Fsp3) is 0.688. The number of nitrogens with two attached hydrogens (primary N) is 3. The summed E-state index contributed by atoms with van der Waals surface area (Å²) in [7, 11) is -13.2. The van der Waals surface area contributed by atoms with Crippen molar-refractivity contribution >= 4 is 66.7 Å². The third kappa shape index (κ3) is 9.23. The van der Waals surface area contributed by atoms with Crippen LogP contribution >= 0.6 is 16.0 Å². The lowest BCUT2D eigenvalue weighted by Crippen LogP contribution is -2.52. The van der Waals surface area contributed by atoms with Gasteiger partial charge in [0.05, 0.1) is 31.3 Å². The number of imidazole rings is 2. The van der Waals surface area contributed by atoms with Gasteiger partial charge in [0, 0.05) is 4.57 Å². The summed E-state index contributed by atoms with van der Waals surface area (Å²) in [5, 5.41) is 2.12. The van der Waals surface area contributed by atoms with Crippen LogP contribution in [0.3, 0.4) is 0 Å². The van der Waals surface area contributed by atoms with Crippen LogP contribution in [0.2, 0.25) is 36.3 Å². The maximum absolute atomic E-state index is 14.2.